The third-order valence-electron chi connectivity index (χ3n) is 3.08. The minimum atomic E-state index is -0.0918. The molecule has 0 aliphatic rings. The van der Waals surface area contributed by atoms with Gasteiger partial charge in [-0.1, -0.05) is 31.5 Å². The van der Waals surface area contributed by atoms with Gasteiger partial charge in [-0.2, -0.15) is 11.3 Å². The average molecular weight is 294 g/mol. The molecule has 4 heteroatoms. The van der Waals surface area contributed by atoms with Crippen molar-refractivity contribution >= 4 is 28.8 Å². The molecule has 2 nitrogen and oxygen atoms in total. The highest BCUT2D eigenvalue weighted by molar-refractivity contribution is 7.08. The van der Waals surface area contributed by atoms with E-state index in [0.717, 1.165) is 0 Å². The maximum Gasteiger partial charge on any atom is 0.251 e. The Kier molecular flexibility index (Phi) is 4.27. The molecule has 100 valence electrons. The van der Waals surface area contributed by atoms with E-state index in [0.29, 0.717) is 17.1 Å². The molecule has 1 aromatic carbocycles. The molecule has 1 heterocycles. The lowest BCUT2D eigenvalue weighted by atomic mass is 9.86. The minimum Gasteiger partial charge on any atom is -0.351 e. The van der Waals surface area contributed by atoms with Crippen LogP contribution in [0.2, 0.25) is 5.02 Å². The van der Waals surface area contributed by atoms with E-state index in [1.54, 1.807) is 35.6 Å². The molecule has 1 aromatic heterocycles. The van der Waals surface area contributed by atoms with Crippen LogP contribution < -0.4 is 5.32 Å². The molecule has 19 heavy (non-hydrogen) atoms. The first kappa shape index (κ1) is 14.1. The first-order chi connectivity index (χ1) is 8.99. The molecule has 0 saturated carbocycles. The Balaban J connectivity index is 2.01. The standard InChI is InChI=1S/C15H16ClNOS/c1-15(2,12-6-7-19-9-12)10-17-14(18)11-4-3-5-13(16)8-11/h3-9H,10H2,1-2H3,(H,17,18). The molecule has 0 fully saturated rings. The van der Waals surface area contributed by atoms with Gasteiger partial charge in [-0.25, -0.2) is 0 Å². The smallest absolute Gasteiger partial charge is 0.251 e. The predicted octanol–water partition coefficient (Wildman–Crippen LogP) is 4.11. The zero-order valence-corrected chi connectivity index (χ0v) is 12.5. The Bertz CT molecular complexity index is 563. The number of carbonyl (C=O) groups is 1. The number of hydrogen-bond acceptors (Lipinski definition) is 2. The van der Waals surface area contributed by atoms with Gasteiger partial charge in [0, 0.05) is 22.5 Å². The first-order valence-corrected chi connectivity index (χ1v) is 7.37. The molecule has 0 atom stereocenters. The lowest BCUT2D eigenvalue weighted by Gasteiger charge is -2.24. The SMILES string of the molecule is CC(C)(CNC(=O)c1cccc(Cl)c1)c1ccsc1. The fourth-order valence-electron chi connectivity index (χ4n) is 1.78. The topological polar surface area (TPSA) is 29.1 Å². The van der Waals surface area contributed by atoms with Gasteiger partial charge in [0.1, 0.15) is 0 Å². The van der Waals surface area contributed by atoms with Gasteiger partial charge in [0.25, 0.3) is 5.91 Å². The maximum atomic E-state index is 12.0. The molecule has 0 bridgehead atoms. The van der Waals surface area contributed by atoms with E-state index in [9.17, 15) is 4.79 Å². The highest BCUT2D eigenvalue weighted by atomic mass is 35.5. The Morgan fingerprint density at radius 3 is 2.79 bits per heavy atom. The van der Waals surface area contributed by atoms with Crippen molar-refractivity contribution in [2.75, 3.05) is 6.54 Å². The highest BCUT2D eigenvalue weighted by Gasteiger charge is 2.22. The molecule has 2 aromatic rings. The molecule has 0 radical (unpaired) electrons. The summed E-state index contributed by atoms with van der Waals surface area (Å²) in [6.07, 6.45) is 0. The van der Waals surface area contributed by atoms with Crippen LogP contribution >= 0.6 is 22.9 Å². The number of amides is 1. The number of halogens is 1. The monoisotopic (exact) mass is 293 g/mol. The fraction of sp³-hybridized carbons (Fsp3) is 0.267. The van der Waals surface area contributed by atoms with Crippen molar-refractivity contribution in [2.24, 2.45) is 0 Å². The van der Waals surface area contributed by atoms with Crippen molar-refractivity contribution in [2.45, 2.75) is 19.3 Å². The van der Waals surface area contributed by atoms with Gasteiger partial charge in [0.05, 0.1) is 0 Å². The van der Waals surface area contributed by atoms with Crippen molar-refractivity contribution in [3.05, 3.63) is 57.2 Å². The van der Waals surface area contributed by atoms with E-state index in [4.69, 9.17) is 11.6 Å². The van der Waals surface area contributed by atoms with Crippen LogP contribution in [0.1, 0.15) is 29.8 Å². The second-order valence-corrected chi connectivity index (χ2v) is 6.31. The zero-order valence-electron chi connectivity index (χ0n) is 10.9. The van der Waals surface area contributed by atoms with E-state index in [2.05, 4.69) is 36.0 Å². The van der Waals surface area contributed by atoms with E-state index in [-0.39, 0.29) is 11.3 Å². The summed E-state index contributed by atoms with van der Waals surface area (Å²) in [7, 11) is 0. The highest BCUT2D eigenvalue weighted by Crippen LogP contribution is 2.24. The second kappa shape index (κ2) is 5.76. The normalized spacial score (nSPS) is 11.3. The molecule has 1 N–H and O–H groups in total. The van der Waals surface area contributed by atoms with Gasteiger partial charge < -0.3 is 5.32 Å². The number of hydrogen-bond donors (Lipinski definition) is 1. The molecular weight excluding hydrogens is 278 g/mol. The van der Waals surface area contributed by atoms with Crippen molar-refractivity contribution < 1.29 is 4.79 Å². The Morgan fingerprint density at radius 2 is 2.16 bits per heavy atom. The van der Waals surface area contributed by atoms with E-state index >= 15 is 0 Å². The molecule has 0 aliphatic carbocycles. The molecule has 0 unspecified atom stereocenters. The van der Waals surface area contributed by atoms with Gasteiger partial charge in [-0.15, -0.1) is 0 Å². The quantitative estimate of drug-likeness (QED) is 0.903. The predicted molar refractivity (Wildman–Crippen MR) is 81.1 cm³/mol. The third kappa shape index (κ3) is 3.58. The van der Waals surface area contributed by atoms with Crippen LogP contribution in [0.15, 0.2) is 41.1 Å². The average Bonchev–Trinajstić information content (AvgIpc) is 2.90. The number of benzene rings is 1. The van der Waals surface area contributed by atoms with Gasteiger partial charge >= 0.3 is 0 Å². The summed E-state index contributed by atoms with van der Waals surface area (Å²) in [5.41, 5.74) is 1.76. The van der Waals surface area contributed by atoms with Crippen molar-refractivity contribution in [3.8, 4) is 0 Å². The van der Waals surface area contributed by atoms with E-state index < -0.39 is 0 Å². The summed E-state index contributed by atoms with van der Waals surface area (Å²) in [5.74, 6) is -0.0918. The largest absolute Gasteiger partial charge is 0.351 e. The molecule has 0 saturated heterocycles. The molecule has 1 amide bonds. The van der Waals surface area contributed by atoms with Gasteiger partial charge in [0.2, 0.25) is 0 Å². The van der Waals surface area contributed by atoms with Gasteiger partial charge in [0.15, 0.2) is 0 Å². The second-order valence-electron chi connectivity index (χ2n) is 5.09. The molecule has 0 spiro atoms. The van der Waals surface area contributed by atoms with E-state index in [1.165, 1.54) is 5.56 Å². The van der Waals surface area contributed by atoms with Crippen molar-refractivity contribution in [1.29, 1.82) is 0 Å². The summed E-state index contributed by atoms with van der Waals surface area (Å²) in [4.78, 5) is 12.0. The van der Waals surface area contributed by atoms with Crippen LogP contribution in [0.25, 0.3) is 0 Å². The maximum absolute atomic E-state index is 12.0. The molecule has 0 aliphatic heterocycles. The van der Waals surface area contributed by atoms with Crippen LogP contribution in [0.3, 0.4) is 0 Å². The van der Waals surface area contributed by atoms with Gasteiger partial charge in [-0.05, 0) is 40.6 Å². The number of thiophene rings is 1. The fourth-order valence-corrected chi connectivity index (χ4v) is 2.82. The number of rotatable bonds is 4. The van der Waals surface area contributed by atoms with Crippen molar-refractivity contribution in [1.82, 2.24) is 5.32 Å². The van der Waals surface area contributed by atoms with Crippen molar-refractivity contribution in [3.63, 3.8) is 0 Å². The lowest BCUT2D eigenvalue weighted by Crippen LogP contribution is -2.36. The Labute approximate surface area is 122 Å². The minimum absolute atomic E-state index is 0.0752. The molecular formula is C15H16ClNOS. The first-order valence-electron chi connectivity index (χ1n) is 6.05. The summed E-state index contributed by atoms with van der Waals surface area (Å²) >= 11 is 7.55. The lowest BCUT2D eigenvalue weighted by molar-refractivity contribution is 0.0945. The number of nitrogens with one attached hydrogen (secondary N) is 1. The Hall–Kier alpha value is -1.32. The summed E-state index contributed by atoms with van der Waals surface area (Å²) < 4.78 is 0. The zero-order chi connectivity index (χ0) is 13.9. The van der Waals surface area contributed by atoms with Crippen LogP contribution in [0.4, 0.5) is 0 Å². The Morgan fingerprint density at radius 1 is 1.37 bits per heavy atom. The third-order valence-corrected chi connectivity index (χ3v) is 4.00. The summed E-state index contributed by atoms with van der Waals surface area (Å²) in [5, 5.41) is 7.70. The van der Waals surface area contributed by atoms with Crippen LogP contribution in [-0.2, 0) is 5.41 Å². The van der Waals surface area contributed by atoms with Crippen LogP contribution in [0, 0.1) is 0 Å². The van der Waals surface area contributed by atoms with Crippen LogP contribution in [-0.4, -0.2) is 12.5 Å². The molecule has 2 rings (SSSR count). The summed E-state index contributed by atoms with van der Waals surface area (Å²) in [6.45, 7) is 4.83. The number of carbonyl (C=O) groups excluding carboxylic acids is 1. The van der Waals surface area contributed by atoms with Crippen LogP contribution in [0.5, 0.6) is 0 Å². The van der Waals surface area contributed by atoms with E-state index in [1.807, 2.05) is 0 Å². The summed E-state index contributed by atoms with van der Waals surface area (Å²) in [6, 6.07) is 9.07. The van der Waals surface area contributed by atoms with Gasteiger partial charge in [-0.3, -0.25) is 4.79 Å².